The molecule has 0 saturated carbocycles. The van der Waals surface area contributed by atoms with Gasteiger partial charge in [0.2, 0.25) is 10.0 Å². The minimum atomic E-state index is -3.79. The summed E-state index contributed by atoms with van der Waals surface area (Å²) in [5.74, 6) is 0.435. The summed E-state index contributed by atoms with van der Waals surface area (Å²) in [5, 5.41) is 0.567. The Morgan fingerprint density at radius 2 is 1.57 bits per heavy atom. The number of likely N-dealkylation sites (N-methyl/N-ethyl adjacent to an activating group) is 1. The average molecular weight is 551 g/mol. The first kappa shape index (κ1) is 29.0. The van der Waals surface area contributed by atoms with Crippen LogP contribution in [0.25, 0.3) is 10.2 Å². The van der Waals surface area contributed by atoms with Gasteiger partial charge in [0.05, 0.1) is 35.4 Å². The van der Waals surface area contributed by atoms with Crippen LogP contribution in [-0.2, 0) is 19.5 Å². The molecule has 1 aromatic heterocycles. The van der Waals surface area contributed by atoms with Crippen LogP contribution in [0.2, 0.25) is 0 Å². The van der Waals surface area contributed by atoms with Gasteiger partial charge in [-0.2, -0.15) is 4.31 Å². The summed E-state index contributed by atoms with van der Waals surface area (Å²) in [6.07, 6.45) is 0. The summed E-state index contributed by atoms with van der Waals surface area (Å²) in [4.78, 5) is 22.0. The Hall–Kier alpha value is -2.61. The minimum absolute atomic E-state index is 0.100. The van der Waals surface area contributed by atoms with Crippen molar-refractivity contribution >= 4 is 42.6 Å². The average Bonchev–Trinajstić information content (AvgIpc) is 3.31. The topological polar surface area (TPSA) is 102 Å². The first-order valence-electron chi connectivity index (χ1n) is 11.7. The Labute approximate surface area is 222 Å². The molecule has 12 heteroatoms. The number of carbonyl (C=O) groups excluding carboxylic acids is 1. The van der Waals surface area contributed by atoms with E-state index in [4.69, 9.17) is 14.2 Å². The second-order valence-electron chi connectivity index (χ2n) is 8.50. The van der Waals surface area contributed by atoms with Crippen LogP contribution in [0.15, 0.2) is 47.4 Å². The molecule has 0 radical (unpaired) electrons. The van der Waals surface area contributed by atoms with Gasteiger partial charge in [0, 0.05) is 52.0 Å². The summed E-state index contributed by atoms with van der Waals surface area (Å²) in [5.41, 5.74) is 1.12. The molecule has 1 heterocycles. The molecule has 0 aliphatic carbocycles. The molecule has 1 amide bonds. The minimum Gasteiger partial charge on any atom is -0.497 e. The van der Waals surface area contributed by atoms with Crippen molar-refractivity contribution in [1.82, 2.24) is 14.2 Å². The third kappa shape index (κ3) is 7.24. The Bertz CT molecular complexity index is 1270. The fraction of sp³-hybridized carbons (Fsp3) is 0.440. The van der Waals surface area contributed by atoms with E-state index in [1.165, 1.54) is 42.0 Å². The van der Waals surface area contributed by atoms with Gasteiger partial charge in [-0.15, -0.1) is 0 Å². The molecule has 202 valence electrons. The van der Waals surface area contributed by atoms with Gasteiger partial charge in [-0.05, 0) is 50.5 Å². The smallest absolute Gasteiger partial charge is 0.260 e. The van der Waals surface area contributed by atoms with E-state index >= 15 is 0 Å². The maximum Gasteiger partial charge on any atom is 0.260 e. The van der Waals surface area contributed by atoms with Gasteiger partial charge in [0.15, 0.2) is 5.13 Å². The number of methoxy groups -OCH3 is 3. The molecule has 0 atom stereocenters. The van der Waals surface area contributed by atoms with Crippen LogP contribution in [0.5, 0.6) is 5.75 Å². The summed E-state index contributed by atoms with van der Waals surface area (Å²) >= 11 is 1.42. The lowest BCUT2D eigenvalue weighted by Gasteiger charge is -2.23. The first-order valence-corrected chi connectivity index (χ1v) is 14.0. The Morgan fingerprint density at radius 1 is 0.919 bits per heavy atom. The highest BCUT2D eigenvalue weighted by atomic mass is 32.2. The molecule has 37 heavy (non-hydrogen) atoms. The predicted molar refractivity (Wildman–Crippen MR) is 145 cm³/mol. The van der Waals surface area contributed by atoms with Gasteiger partial charge < -0.3 is 19.1 Å². The van der Waals surface area contributed by atoms with Gasteiger partial charge in [0.1, 0.15) is 5.75 Å². The van der Waals surface area contributed by atoms with E-state index in [1.807, 2.05) is 37.2 Å². The van der Waals surface area contributed by atoms with Crippen molar-refractivity contribution in [3.8, 4) is 5.75 Å². The number of ether oxygens (including phenoxy) is 3. The van der Waals surface area contributed by atoms with Crippen molar-refractivity contribution in [3.63, 3.8) is 0 Å². The Morgan fingerprint density at radius 3 is 2.14 bits per heavy atom. The van der Waals surface area contributed by atoms with Gasteiger partial charge in [0.25, 0.3) is 5.91 Å². The highest BCUT2D eigenvalue weighted by Gasteiger charge is 2.26. The van der Waals surface area contributed by atoms with Gasteiger partial charge in [-0.25, -0.2) is 13.4 Å². The number of nitrogens with zero attached hydrogens (tertiary/aromatic N) is 4. The number of benzene rings is 2. The van der Waals surface area contributed by atoms with Crippen LogP contribution >= 0.6 is 11.3 Å². The molecule has 0 spiro atoms. The van der Waals surface area contributed by atoms with Gasteiger partial charge >= 0.3 is 0 Å². The fourth-order valence-corrected chi connectivity index (χ4v) is 5.91. The molecule has 0 fully saturated rings. The van der Waals surface area contributed by atoms with Crippen molar-refractivity contribution in [1.29, 1.82) is 0 Å². The van der Waals surface area contributed by atoms with E-state index in [2.05, 4.69) is 4.98 Å². The van der Waals surface area contributed by atoms with Gasteiger partial charge in [-0.3, -0.25) is 9.69 Å². The van der Waals surface area contributed by atoms with Crippen molar-refractivity contribution in [2.75, 3.05) is 79.7 Å². The zero-order valence-electron chi connectivity index (χ0n) is 21.8. The molecule has 2 aromatic carbocycles. The third-order valence-corrected chi connectivity index (χ3v) is 8.63. The third-order valence-electron chi connectivity index (χ3n) is 5.66. The zero-order valence-corrected chi connectivity index (χ0v) is 23.5. The molecule has 0 aliphatic rings. The fourth-order valence-electron chi connectivity index (χ4n) is 3.53. The molecular weight excluding hydrogens is 516 g/mol. The number of anilines is 1. The van der Waals surface area contributed by atoms with E-state index < -0.39 is 10.0 Å². The van der Waals surface area contributed by atoms with E-state index in [0.29, 0.717) is 29.5 Å². The number of carbonyl (C=O) groups is 1. The van der Waals surface area contributed by atoms with E-state index in [-0.39, 0.29) is 37.1 Å². The number of fused-ring (bicyclic) bond motifs is 1. The van der Waals surface area contributed by atoms with Crippen molar-refractivity contribution in [3.05, 3.63) is 48.0 Å². The standard InChI is InChI=1S/C25H34N4O6S2/c1-27(2)12-13-29(25-26-22-18-20(35-5)8-11-23(22)36-25)24(30)19-6-9-21(10-7-19)37(31,32)28(14-16-33-3)15-17-34-4/h6-11,18H,12-17H2,1-5H3. The summed E-state index contributed by atoms with van der Waals surface area (Å²) in [6, 6.07) is 11.6. The van der Waals surface area contributed by atoms with Crippen LogP contribution in [0.4, 0.5) is 5.13 Å². The normalized spacial score (nSPS) is 12.0. The second-order valence-corrected chi connectivity index (χ2v) is 11.5. The second kappa shape index (κ2) is 13.3. The molecule has 0 unspecified atom stereocenters. The van der Waals surface area contributed by atoms with Crippen LogP contribution in [0.1, 0.15) is 10.4 Å². The highest BCUT2D eigenvalue weighted by Crippen LogP contribution is 2.32. The van der Waals surface area contributed by atoms with Crippen LogP contribution in [0.3, 0.4) is 0 Å². The van der Waals surface area contributed by atoms with Crippen LogP contribution < -0.4 is 9.64 Å². The van der Waals surface area contributed by atoms with Crippen molar-refractivity contribution in [2.45, 2.75) is 4.90 Å². The number of sulfonamides is 1. The number of thiazole rings is 1. The first-order chi connectivity index (χ1) is 17.7. The molecular formula is C25H34N4O6S2. The Balaban J connectivity index is 1.89. The molecule has 0 saturated heterocycles. The molecule has 0 bridgehead atoms. The number of hydrogen-bond donors (Lipinski definition) is 0. The number of hydrogen-bond acceptors (Lipinski definition) is 9. The van der Waals surface area contributed by atoms with Crippen LogP contribution in [0, 0.1) is 0 Å². The molecule has 3 aromatic rings. The molecule has 0 aliphatic heterocycles. The largest absolute Gasteiger partial charge is 0.497 e. The summed E-state index contributed by atoms with van der Waals surface area (Å²) in [6.45, 7) is 1.96. The molecule has 3 rings (SSSR count). The van der Waals surface area contributed by atoms with Gasteiger partial charge in [-0.1, -0.05) is 11.3 Å². The Kier molecular flexibility index (Phi) is 10.4. The quantitative estimate of drug-likeness (QED) is 0.302. The number of aromatic nitrogens is 1. The predicted octanol–water partition coefficient (Wildman–Crippen LogP) is 2.80. The van der Waals surface area contributed by atoms with E-state index in [9.17, 15) is 13.2 Å². The lowest BCUT2D eigenvalue weighted by atomic mass is 10.2. The molecule has 10 nitrogen and oxygen atoms in total. The lowest BCUT2D eigenvalue weighted by Crippen LogP contribution is -2.37. The SMILES string of the molecule is COCCN(CCOC)S(=O)(=O)c1ccc(C(=O)N(CCN(C)C)c2nc3cc(OC)ccc3s2)cc1. The highest BCUT2D eigenvalue weighted by molar-refractivity contribution is 7.89. The number of rotatable bonds is 14. The van der Waals surface area contributed by atoms with E-state index in [1.54, 1.807) is 24.1 Å². The monoisotopic (exact) mass is 550 g/mol. The lowest BCUT2D eigenvalue weighted by molar-refractivity contribution is 0.0985. The number of amides is 1. The maximum atomic E-state index is 13.6. The zero-order chi connectivity index (χ0) is 27.0. The summed E-state index contributed by atoms with van der Waals surface area (Å²) < 4.78 is 44.1. The maximum absolute atomic E-state index is 13.6. The summed E-state index contributed by atoms with van der Waals surface area (Å²) in [7, 11) is 4.72. The van der Waals surface area contributed by atoms with E-state index in [0.717, 1.165) is 10.2 Å². The molecule has 0 N–H and O–H groups in total. The van der Waals surface area contributed by atoms with Crippen molar-refractivity contribution < 1.29 is 27.4 Å². The van der Waals surface area contributed by atoms with Crippen molar-refractivity contribution in [2.24, 2.45) is 0 Å². The van der Waals surface area contributed by atoms with Crippen LogP contribution in [-0.4, -0.2) is 103 Å².